The fourth-order valence-corrected chi connectivity index (χ4v) is 3.88. The summed E-state index contributed by atoms with van der Waals surface area (Å²) in [6, 6.07) is 3.13. The zero-order chi connectivity index (χ0) is 16.6. The van der Waals surface area contributed by atoms with Gasteiger partial charge in [-0.15, -0.1) is 0 Å². The van der Waals surface area contributed by atoms with E-state index in [2.05, 4.69) is 0 Å². The van der Waals surface area contributed by atoms with E-state index in [9.17, 15) is 14.3 Å². The Morgan fingerprint density at radius 2 is 2.00 bits per heavy atom. The second-order valence-electron chi connectivity index (χ2n) is 6.73. The molecule has 0 unspecified atom stereocenters. The van der Waals surface area contributed by atoms with E-state index in [0.717, 1.165) is 19.3 Å². The molecule has 1 aliphatic carbocycles. The summed E-state index contributed by atoms with van der Waals surface area (Å²) >= 11 is 0. The number of benzene rings is 1. The Balaban J connectivity index is 1.87. The summed E-state index contributed by atoms with van der Waals surface area (Å²) in [6.07, 6.45) is 2.33. The van der Waals surface area contributed by atoms with E-state index in [1.165, 1.54) is 0 Å². The third-order valence-electron chi connectivity index (χ3n) is 5.14. The van der Waals surface area contributed by atoms with Crippen LogP contribution in [-0.2, 0) is 4.74 Å². The van der Waals surface area contributed by atoms with Crippen LogP contribution in [0.4, 0.5) is 4.39 Å². The molecule has 1 saturated carbocycles. The van der Waals surface area contributed by atoms with E-state index in [4.69, 9.17) is 4.74 Å². The molecule has 4 nitrogen and oxygen atoms in total. The molecule has 1 heterocycles. The molecule has 1 aliphatic heterocycles. The molecule has 1 amide bonds. The second kappa shape index (κ2) is 6.57. The third kappa shape index (κ3) is 3.12. The number of rotatable bonds is 2. The van der Waals surface area contributed by atoms with Gasteiger partial charge in [0.15, 0.2) is 0 Å². The summed E-state index contributed by atoms with van der Waals surface area (Å²) in [5, 5.41) is 10.2. The van der Waals surface area contributed by atoms with Gasteiger partial charge in [-0.3, -0.25) is 4.79 Å². The number of hydrogen-bond donors (Lipinski definition) is 1. The summed E-state index contributed by atoms with van der Waals surface area (Å²) < 4.78 is 19.4. The number of aryl methyl sites for hydroxylation is 2. The molecular formula is C18H24FNO3. The van der Waals surface area contributed by atoms with Gasteiger partial charge in [0.1, 0.15) is 5.82 Å². The molecule has 1 aromatic rings. The standard InChI is InChI=1S/C18H24FNO3/c1-11-8-13(9-12(2)17(11)19)18(22)20-6-7-23-10-15(20)14-4-3-5-16(14)21/h8-9,14-16,21H,3-7,10H2,1-2H3/t14-,15-,16-/m1/s1. The normalized spacial score (nSPS) is 28.2. The van der Waals surface area contributed by atoms with E-state index in [0.29, 0.717) is 36.4 Å². The van der Waals surface area contributed by atoms with Crippen LogP contribution in [0.25, 0.3) is 0 Å². The molecule has 1 saturated heterocycles. The first-order chi connectivity index (χ1) is 11.0. The summed E-state index contributed by atoms with van der Waals surface area (Å²) in [5.74, 6) is -0.281. The minimum Gasteiger partial charge on any atom is -0.393 e. The number of aliphatic hydroxyl groups excluding tert-OH is 1. The molecule has 0 bridgehead atoms. The highest BCUT2D eigenvalue weighted by atomic mass is 19.1. The Bertz CT molecular complexity index is 581. The van der Waals surface area contributed by atoms with Crippen molar-refractivity contribution in [3.8, 4) is 0 Å². The molecular weight excluding hydrogens is 297 g/mol. The van der Waals surface area contributed by atoms with Crippen molar-refractivity contribution >= 4 is 5.91 Å². The summed E-state index contributed by atoms with van der Waals surface area (Å²) in [6.45, 7) is 4.84. The van der Waals surface area contributed by atoms with Gasteiger partial charge in [0.25, 0.3) is 5.91 Å². The van der Waals surface area contributed by atoms with Crippen LogP contribution < -0.4 is 0 Å². The molecule has 1 N–H and O–H groups in total. The first-order valence-electron chi connectivity index (χ1n) is 8.32. The summed E-state index contributed by atoms with van der Waals surface area (Å²) in [7, 11) is 0. The molecule has 2 fully saturated rings. The average molecular weight is 321 g/mol. The lowest BCUT2D eigenvalue weighted by atomic mass is 9.93. The van der Waals surface area contributed by atoms with Crippen molar-refractivity contribution in [3.05, 3.63) is 34.6 Å². The maximum absolute atomic E-state index is 13.8. The molecule has 3 rings (SSSR count). The maximum Gasteiger partial charge on any atom is 0.254 e. The van der Waals surface area contributed by atoms with Crippen LogP contribution in [0.3, 0.4) is 0 Å². The fraction of sp³-hybridized carbons (Fsp3) is 0.611. The van der Waals surface area contributed by atoms with Crippen LogP contribution in [0.2, 0.25) is 0 Å². The van der Waals surface area contributed by atoms with Crippen LogP contribution in [0.5, 0.6) is 0 Å². The lowest BCUT2D eigenvalue weighted by molar-refractivity contribution is -0.0383. The molecule has 126 valence electrons. The topological polar surface area (TPSA) is 49.8 Å². The Morgan fingerprint density at radius 1 is 1.30 bits per heavy atom. The smallest absolute Gasteiger partial charge is 0.254 e. The molecule has 0 spiro atoms. The van der Waals surface area contributed by atoms with Gasteiger partial charge < -0.3 is 14.7 Å². The molecule has 23 heavy (non-hydrogen) atoms. The predicted octanol–water partition coefficient (Wildman–Crippen LogP) is 2.44. The highest BCUT2D eigenvalue weighted by Gasteiger charge is 2.39. The van der Waals surface area contributed by atoms with Gasteiger partial charge in [-0.05, 0) is 49.9 Å². The lowest BCUT2D eigenvalue weighted by Crippen LogP contribution is -2.53. The average Bonchev–Trinajstić information content (AvgIpc) is 2.97. The zero-order valence-corrected chi connectivity index (χ0v) is 13.7. The van der Waals surface area contributed by atoms with E-state index < -0.39 is 0 Å². The number of aliphatic hydroxyl groups is 1. The molecule has 5 heteroatoms. The van der Waals surface area contributed by atoms with Gasteiger partial charge in [-0.2, -0.15) is 0 Å². The van der Waals surface area contributed by atoms with E-state index in [-0.39, 0.29) is 29.8 Å². The number of hydrogen-bond acceptors (Lipinski definition) is 3. The van der Waals surface area contributed by atoms with Gasteiger partial charge in [0.05, 0.1) is 25.4 Å². The van der Waals surface area contributed by atoms with Gasteiger partial charge in [-0.25, -0.2) is 4.39 Å². The number of halogens is 1. The number of carbonyl (C=O) groups excluding carboxylic acids is 1. The van der Waals surface area contributed by atoms with E-state index in [1.54, 1.807) is 26.0 Å². The number of nitrogens with zero attached hydrogens (tertiary/aromatic N) is 1. The van der Waals surface area contributed by atoms with E-state index in [1.807, 2.05) is 4.90 Å². The lowest BCUT2D eigenvalue weighted by Gasteiger charge is -2.40. The van der Waals surface area contributed by atoms with Gasteiger partial charge in [0.2, 0.25) is 0 Å². The minimum absolute atomic E-state index is 0.0712. The molecule has 0 radical (unpaired) electrons. The molecule has 2 aliphatic rings. The number of morpholine rings is 1. The Kier molecular flexibility index (Phi) is 4.69. The van der Waals surface area contributed by atoms with Crippen molar-refractivity contribution in [1.29, 1.82) is 0 Å². The van der Waals surface area contributed by atoms with Crippen LogP contribution in [-0.4, -0.2) is 47.8 Å². The van der Waals surface area contributed by atoms with Crippen molar-refractivity contribution in [2.45, 2.75) is 45.3 Å². The monoisotopic (exact) mass is 321 g/mol. The van der Waals surface area contributed by atoms with Gasteiger partial charge in [0, 0.05) is 18.0 Å². The van der Waals surface area contributed by atoms with Crippen LogP contribution in [0.1, 0.15) is 40.7 Å². The molecule has 0 aromatic heterocycles. The summed E-state index contributed by atoms with van der Waals surface area (Å²) in [4.78, 5) is 14.8. The van der Waals surface area contributed by atoms with Crippen molar-refractivity contribution in [2.24, 2.45) is 5.92 Å². The van der Waals surface area contributed by atoms with E-state index >= 15 is 0 Å². The first-order valence-corrected chi connectivity index (χ1v) is 8.32. The van der Waals surface area contributed by atoms with Crippen molar-refractivity contribution in [1.82, 2.24) is 4.90 Å². The highest BCUT2D eigenvalue weighted by Crippen LogP contribution is 2.33. The van der Waals surface area contributed by atoms with Crippen LogP contribution in [0, 0.1) is 25.6 Å². The highest BCUT2D eigenvalue weighted by molar-refractivity contribution is 5.95. The maximum atomic E-state index is 13.8. The van der Waals surface area contributed by atoms with Gasteiger partial charge in [-0.1, -0.05) is 6.42 Å². The minimum atomic E-state index is -0.367. The number of ether oxygens (including phenoxy) is 1. The Labute approximate surface area is 136 Å². The number of carbonyl (C=O) groups is 1. The molecule has 3 atom stereocenters. The predicted molar refractivity (Wildman–Crippen MR) is 84.9 cm³/mol. The number of amides is 1. The zero-order valence-electron chi connectivity index (χ0n) is 13.7. The molecule has 1 aromatic carbocycles. The van der Waals surface area contributed by atoms with Crippen molar-refractivity contribution < 1.29 is 19.0 Å². The van der Waals surface area contributed by atoms with Crippen LogP contribution >= 0.6 is 0 Å². The quantitative estimate of drug-likeness (QED) is 0.910. The fourth-order valence-electron chi connectivity index (χ4n) is 3.88. The van der Waals surface area contributed by atoms with Crippen LogP contribution in [0.15, 0.2) is 12.1 Å². The Hall–Kier alpha value is -1.46. The summed E-state index contributed by atoms with van der Waals surface area (Å²) in [5.41, 5.74) is 1.49. The van der Waals surface area contributed by atoms with Crippen molar-refractivity contribution in [3.63, 3.8) is 0 Å². The third-order valence-corrected chi connectivity index (χ3v) is 5.14. The van der Waals surface area contributed by atoms with Crippen molar-refractivity contribution in [2.75, 3.05) is 19.8 Å². The van der Waals surface area contributed by atoms with Gasteiger partial charge >= 0.3 is 0 Å². The largest absolute Gasteiger partial charge is 0.393 e. The second-order valence-corrected chi connectivity index (χ2v) is 6.73. The Morgan fingerprint density at radius 3 is 2.61 bits per heavy atom. The first kappa shape index (κ1) is 16.4. The SMILES string of the molecule is Cc1cc(C(=O)N2CCOC[C@@H]2[C@H]2CCC[C@H]2O)cc(C)c1F.